The van der Waals surface area contributed by atoms with Crippen molar-refractivity contribution < 1.29 is 19.4 Å². The van der Waals surface area contributed by atoms with Gasteiger partial charge in [-0.15, -0.1) is 0 Å². The first-order valence-electron chi connectivity index (χ1n) is 5.99. The maximum Gasteiger partial charge on any atom is 0.354 e. The van der Waals surface area contributed by atoms with Crippen molar-refractivity contribution >= 4 is 11.8 Å². The number of carboxylic acid groups (broad SMARTS) is 1. The van der Waals surface area contributed by atoms with Gasteiger partial charge in [0.1, 0.15) is 18.1 Å². The Labute approximate surface area is 115 Å². The molecular weight excluding hydrogens is 258 g/mol. The largest absolute Gasteiger partial charge is 0.487 e. The first-order chi connectivity index (χ1) is 9.56. The molecule has 0 aliphatic heterocycles. The number of rotatable bonds is 5. The number of ether oxygens (including phenoxy) is 1. The summed E-state index contributed by atoms with van der Waals surface area (Å²) in [6.45, 7) is 1.66. The fourth-order valence-corrected chi connectivity index (χ4v) is 1.62. The average Bonchev–Trinajstić information content (AvgIpc) is 2.46. The average molecular weight is 271 g/mol. The number of carbonyl (C=O) groups excluding carboxylic acids is 1. The number of benzene rings is 1. The summed E-state index contributed by atoms with van der Waals surface area (Å²) >= 11 is 0. The minimum absolute atomic E-state index is 0.00706. The highest BCUT2D eigenvalue weighted by atomic mass is 16.5. The van der Waals surface area contributed by atoms with Crippen LogP contribution in [-0.2, 0) is 6.61 Å². The number of carboxylic acids is 1. The van der Waals surface area contributed by atoms with E-state index >= 15 is 0 Å². The Bertz CT molecular complexity index is 635. The second-order valence-electron chi connectivity index (χ2n) is 4.19. The van der Waals surface area contributed by atoms with Crippen molar-refractivity contribution in [3.63, 3.8) is 0 Å². The third-order valence-electron chi connectivity index (χ3n) is 2.67. The van der Waals surface area contributed by atoms with Gasteiger partial charge >= 0.3 is 5.97 Å². The molecule has 0 saturated carbocycles. The Balaban J connectivity index is 2.03. The zero-order valence-electron chi connectivity index (χ0n) is 10.9. The molecule has 0 fully saturated rings. The van der Waals surface area contributed by atoms with E-state index in [1.165, 1.54) is 13.0 Å². The van der Waals surface area contributed by atoms with Crippen molar-refractivity contribution in [2.75, 3.05) is 0 Å². The van der Waals surface area contributed by atoms with Gasteiger partial charge in [-0.1, -0.05) is 6.07 Å². The Morgan fingerprint density at radius 3 is 2.45 bits per heavy atom. The molecule has 1 aromatic heterocycles. The Morgan fingerprint density at radius 2 is 1.85 bits per heavy atom. The van der Waals surface area contributed by atoms with Crippen LogP contribution in [0.2, 0.25) is 0 Å². The molecule has 2 aromatic rings. The predicted octanol–water partition coefficient (Wildman–Crippen LogP) is 2.56. The second kappa shape index (κ2) is 5.97. The van der Waals surface area contributed by atoms with Crippen molar-refractivity contribution in [2.24, 2.45) is 0 Å². The monoisotopic (exact) mass is 271 g/mol. The van der Waals surface area contributed by atoms with Crippen molar-refractivity contribution in [2.45, 2.75) is 13.5 Å². The molecule has 1 aromatic carbocycles. The molecular formula is C15H13NO4. The van der Waals surface area contributed by atoms with Crippen molar-refractivity contribution in [1.29, 1.82) is 0 Å². The number of nitrogens with zero attached hydrogens (tertiary/aromatic N) is 1. The molecule has 5 nitrogen and oxygen atoms in total. The Hall–Kier alpha value is -2.69. The van der Waals surface area contributed by atoms with Crippen LogP contribution in [0.5, 0.6) is 5.75 Å². The summed E-state index contributed by atoms with van der Waals surface area (Å²) in [5.41, 5.74) is 1.13. The van der Waals surface area contributed by atoms with Gasteiger partial charge in [0.15, 0.2) is 5.78 Å². The lowest BCUT2D eigenvalue weighted by atomic mass is 10.1. The van der Waals surface area contributed by atoms with Crippen molar-refractivity contribution in [1.82, 2.24) is 4.98 Å². The maximum atomic E-state index is 11.1. The van der Waals surface area contributed by atoms with Crippen LogP contribution in [0.4, 0.5) is 0 Å². The molecule has 0 aliphatic carbocycles. The molecule has 0 bridgehead atoms. The van der Waals surface area contributed by atoms with Gasteiger partial charge in [0, 0.05) is 5.56 Å². The summed E-state index contributed by atoms with van der Waals surface area (Å²) in [4.78, 5) is 25.9. The van der Waals surface area contributed by atoms with Crippen LogP contribution in [0.1, 0.15) is 33.5 Å². The van der Waals surface area contributed by atoms with Gasteiger partial charge in [0.25, 0.3) is 0 Å². The summed E-state index contributed by atoms with van der Waals surface area (Å²) in [6, 6.07) is 11.5. The van der Waals surface area contributed by atoms with Gasteiger partial charge in [0.05, 0.1) is 5.69 Å². The molecule has 0 atom stereocenters. The highest BCUT2D eigenvalue weighted by molar-refractivity contribution is 5.94. The van der Waals surface area contributed by atoms with Crippen molar-refractivity contribution in [3.8, 4) is 5.75 Å². The summed E-state index contributed by atoms with van der Waals surface area (Å²) in [5.74, 6) is -0.484. The van der Waals surface area contributed by atoms with Gasteiger partial charge in [-0.05, 0) is 43.3 Å². The standard InChI is InChI=1S/C15H13NO4/c1-10(17)11-5-7-13(8-6-11)20-9-12-3-2-4-14(16-12)15(18)19/h2-8H,9H2,1H3,(H,18,19). The molecule has 0 radical (unpaired) electrons. The normalized spacial score (nSPS) is 10.1. The lowest BCUT2D eigenvalue weighted by Crippen LogP contribution is -2.05. The van der Waals surface area contributed by atoms with Crippen molar-refractivity contribution in [3.05, 3.63) is 59.4 Å². The van der Waals surface area contributed by atoms with Gasteiger partial charge in [0.2, 0.25) is 0 Å². The number of hydrogen-bond acceptors (Lipinski definition) is 4. The SMILES string of the molecule is CC(=O)c1ccc(OCc2cccc(C(=O)O)n2)cc1. The summed E-state index contributed by atoms with van der Waals surface area (Å²) in [7, 11) is 0. The van der Waals surface area contributed by atoms with E-state index in [0.717, 1.165) is 0 Å². The highest BCUT2D eigenvalue weighted by Crippen LogP contribution is 2.14. The number of ketones is 1. The molecule has 0 amide bonds. The van der Waals surface area contributed by atoms with Crippen LogP contribution in [0, 0.1) is 0 Å². The third kappa shape index (κ3) is 3.41. The molecule has 20 heavy (non-hydrogen) atoms. The van der Waals surface area contributed by atoms with Gasteiger partial charge < -0.3 is 9.84 Å². The number of carbonyl (C=O) groups is 2. The predicted molar refractivity (Wildman–Crippen MR) is 72.0 cm³/mol. The molecule has 0 aliphatic rings. The van der Waals surface area contributed by atoms with E-state index in [-0.39, 0.29) is 18.1 Å². The Kier molecular flexibility index (Phi) is 4.10. The summed E-state index contributed by atoms with van der Waals surface area (Å²) in [6.07, 6.45) is 0. The number of aromatic carboxylic acids is 1. The topological polar surface area (TPSA) is 76.5 Å². The lowest BCUT2D eigenvalue weighted by molar-refractivity contribution is 0.0689. The highest BCUT2D eigenvalue weighted by Gasteiger charge is 2.06. The van der Waals surface area contributed by atoms with Crippen LogP contribution < -0.4 is 4.74 Å². The molecule has 5 heteroatoms. The second-order valence-corrected chi connectivity index (χ2v) is 4.19. The molecule has 1 N–H and O–H groups in total. The molecule has 2 rings (SSSR count). The van der Waals surface area contributed by atoms with E-state index in [1.54, 1.807) is 36.4 Å². The van der Waals surface area contributed by atoms with E-state index in [4.69, 9.17) is 9.84 Å². The minimum atomic E-state index is -1.07. The smallest absolute Gasteiger partial charge is 0.354 e. The van der Waals surface area contributed by atoms with E-state index in [2.05, 4.69) is 4.98 Å². The van der Waals surface area contributed by atoms with E-state index < -0.39 is 5.97 Å². The fourth-order valence-electron chi connectivity index (χ4n) is 1.62. The van der Waals surface area contributed by atoms with Crippen LogP contribution >= 0.6 is 0 Å². The molecule has 0 unspecified atom stereocenters. The Morgan fingerprint density at radius 1 is 1.15 bits per heavy atom. The molecule has 0 saturated heterocycles. The number of hydrogen-bond donors (Lipinski definition) is 1. The summed E-state index contributed by atoms with van der Waals surface area (Å²) in [5, 5.41) is 8.84. The van der Waals surface area contributed by atoms with Crippen LogP contribution in [-0.4, -0.2) is 21.8 Å². The van der Waals surface area contributed by atoms with E-state index in [9.17, 15) is 9.59 Å². The molecule has 0 spiro atoms. The molecule has 102 valence electrons. The number of Topliss-reactive ketones (excluding diaryl/α,β-unsaturated/α-hetero) is 1. The van der Waals surface area contributed by atoms with E-state index in [0.29, 0.717) is 17.0 Å². The third-order valence-corrected chi connectivity index (χ3v) is 2.67. The minimum Gasteiger partial charge on any atom is -0.487 e. The van der Waals surface area contributed by atoms with Gasteiger partial charge in [-0.3, -0.25) is 4.79 Å². The lowest BCUT2D eigenvalue weighted by Gasteiger charge is -2.06. The zero-order chi connectivity index (χ0) is 14.5. The molecule has 1 heterocycles. The first kappa shape index (κ1) is 13.7. The number of pyridine rings is 1. The first-order valence-corrected chi connectivity index (χ1v) is 5.99. The van der Waals surface area contributed by atoms with Gasteiger partial charge in [-0.2, -0.15) is 0 Å². The summed E-state index contributed by atoms with van der Waals surface area (Å²) < 4.78 is 5.49. The zero-order valence-corrected chi connectivity index (χ0v) is 10.9. The number of aromatic nitrogens is 1. The van der Waals surface area contributed by atoms with Gasteiger partial charge in [-0.25, -0.2) is 9.78 Å². The quantitative estimate of drug-likeness (QED) is 0.846. The maximum absolute atomic E-state index is 11.1. The van der Waals surface area contributed by atoms with Crippen LogP contribution in [0.15, 0.2) is 42.5 Å². The fraction of sp³-hybridized carbons (Fsp3) is 0.133. The van der Waals surface area contributed by atoms with Crippen LogP contribution in [0.3, 0.4) is 0 Å². The van der Waals surface area contributed by atoms with E-state index in [1.807, 2.05) is 0 Å². The van der Waals surface area contributed by atoms with Crippen LogP contribution in [0.25, 0.3) is 0 Å².